The van der Waals surface area contributed by atoms with Crippen LogP contribution in [0, 0.1) is 5.92 Å². The highest BCUT2D eigenvalue weighted by atomic mass is 32.2. The minimum atomic E-state index is 0.313. The van der Waals surface area contributed by atoms with Crippen LogP contribution in [-0.2, 0) is 4.79 Å². The number of thioether (sulfide) groups is 1. The summed E-state index contributed by atoms with van der Waals surface area (Å²) >= 11 is 1.95. The van der Waals surface area contributed by atoms with Gasteiger partial charge in [-0.2, -0.15) is 11.8 Å². The summed E-state index contributed by atoms with van der Waals surface area (Å²) in [6, 6.07) is 0.382. The Labute approximate surface area is 110 Å². The summed E-state index contributed by atoms with van der Waals surface area (Å²) < 4.78 is 0. The van der Waals surface area contributed by atoms with Crippen LogP contribution < -0.4 is 5.32 Å². The second kappa shape index (κ2) is 7.98. The van der Waals surface area contributed by atoms with Gasteiger partial charge in [-0.25, -0.2) is 0 Å². The van der Waals surface area contributed by atoms with Crippen LogP contribution in [0.15, 0.2) is 0 Å². The molecule has 0 saturated carbocycles. The highest BCUT2D eigenvalue weighted by molar-refractivity contribution is 7.99. The van der Waals surface area contributed by atoms with Gasteiger partial charge in [0.05, 0.1) is 0 Å². The maximum Gasteiger partial charge on any atom is 0.224 e. The quantitative estimate of drug-likeness (QED) is 0.790. The Morgan fingerprint density at radius 1 is 1.53 bits per heavy atom. The number of hydrogen-bond acceptors (Lipinski definition) is 3. The van der Waals surface area contributed by atoms with Crippen LogP contribution in [0.3, 0.4) is 0 Å². The molecule has 0 radical (unpaired) electrons. The van der Waals surface area contributed by atoms with Gasteiger partial charge >= 0.3 is 0 Å². The third-order valence-corrected chi connectivity index (χ3v) is 4.51. The molecule has 100 valence electrons. The molecule has 17 heavy (non-hydrogen) atoms. The number of hydrogen-bond donors (Lipinski definition) is 1. The Balaban J connectivity index is 2.36. The SMILES string of the molecule is CCC(C)CN(CC)C(=O)CC1CSCCN1. The van der Waals surface area contributed by atoms with Crippen LogP contribution in [0.1, 0.15) is 33.6 Å². The predicted octanol–water partition coefficient (Wildman–Crippen LogP) is 1.98. The lowest BCUT2D eigenvalue weighted by Gasteiger charge is -2.28. The molecule has 1 N–H and O–H groups in total. The number of carbonyl (C=O) groups is 1. The van der Waals surface area contributed by atoms with Crippen molar-refractivity contribution in [3.8, 4) is 0 Å². The van der Waals surface area contributed by atoms with E-state index in [1.807, 2.05) is 16.7 Å². The molecule has 1 rings (SSSR count). The first-order valence-electron chi connectivity index (χ1n) is 6.76. The standard InChI is InChI=1S/C13H26N2OS/c1-4-11(3)9-15(5-2)13(16)8-12-10-17-7-6-14-12/h11-12,14H,4-10H2,1-3H3. The fraction of sp³-hybridized carbons (Fsp3) is 0.923. The number of nitrogens with zero attached hydrogens (tertiary/aromatic N) is 1. The molecule has 3 nitrogen and oxygen atoms in total. The monoisotopic (exact) mass is 258 g/mol. The van der Waals surface area contributed by atoms with E-state index >= 15 is 0 Å². The summed E-state index contributed by atoms with van der Waals surface area (Å²) in [5.74, 6) is 3.17. The van der Waals surface area contributed by atoms with Crippen molar-refractivity contribution in [2.75, 3.05) is 31.1 Å². The van der Waals surface area contributed by atoms with Crippen molar-refractivity contribution in [3.05, 3.63) is 0 Å². The molecule has 0 aromatic rings. The summed E-state index contributed by atoms with van der Waals surface area (Å²) in [7, 11) is 0. The zero-order chi connectivity index (χ0) is 12.7. The molecule has 1 amide bonds. The van der Waals surface area contributed by atoms with Gasteiger partial charge in [-0.3, -0.25) is 4.79 Å². The lowest BCUT2D eigenvalue weighted by atomic mass is 10.1. The van der Waals surface area contributed by atoms with Gasteiger partial charge in [0.2, 0.25) is 5.91 Å². The van der Waals surface area contributed by atoms with Crippen molar-refractivity contribution in [2.45, 2.75) is 39.7 Å². The van der Waals surface area contributed by atoms with E-state index in [0.717, 1.165) is 31.8 Å². The Morgan fingerprint density at radius 2 is 2.29 bits per heavy atom. The summed E-state index contributed by atoms with van der Waals surface area (Å²) in [4.78, 5) is 14.2. The molecule has 2 atom stereocenters. The average Bonchev–Trinajstić information content (AvgIpc) is 2.36. The molecule has 0 aliphatic carbocycles. The van der Waals surface area contributed by atoms with E-state index < -0.39 is 0 Å². The highest BCUT2D eigenvalue weighted by Crippen LogP contribution is 2.12. The topological polar surface area (TPSA) is 32.3 Å². The largest absolute Gasteiger partial charge is 0.343 e. The minimum Gasteiger partial charge on any atom is -0.343 e. The van der Waals surface area contributed by atoms with E-state index in [0.29, 0.717) is 24.3 Å². The van der Waals surface area contributed by atoms with E-state index in [1.165, 1.54) is 5.75 Å². The van der Waals surface area contributed by atoms with Gasteiger partial charge in [-0.15, -0.1) is 0 Å². The highest BCUT2D eigenvalue weighted by Gasteiger charge is 2.20. The molecule has 1 aliphatic heterocycles. The van der Waals surface area contributed by atoms with Crippen LogP contribution >= 0.6 is 11.8 Å². The zero-order valence-electron chi connectivity index (χ0n) is 11.4. The first-order valence-corrected chi connectivity index (χ1v) is 7.91. The summed E-state index contributed by atoms with van der Waals surface area (Å²) in [6.07, 6.45) is 1.80. The third kappa shape index (κ3) is 5.30. The van der Waals surface area contributed by atoms with Crippen LogP contribution in [0.25, 0.3) is 0 Å². The van der Waals surface area contributed by atoms with Gasteiger partial charge in [-0.05, 0) is 12.8 Å². The molecule has 2 unspecified atom stereocenters. The fourth-order valence-electron chi connectivity index (χ4n) is 2.00. The molecule has 0 bridgehead atoms. The van der Waals surface area contributed by atoms with Gasteiger partial charge in [0.25, 0.3) is 0 Å². The van der Waals surface area contributed by atoms with E-state index in [4.69, 9.17) is 0 Å². The summed E-state index contributed by atoms with van der Waals surface area (Å²) in [5, 5.41) is 3.43. The number of nitrogens with one attached hydrogen (secondary N) is 1. The molecule has 1 saturated heterocycles. The Hall–Kier alpha value is -0.220. The van der Waals surface area contributed by atoms with Crippen LogP contribution in [0.2, 0.25) is 0 Å². The van der Waals surface area contributed by atoms with E-state index in [9.17, 15) is 4.79 Å². The Morgan fingerprint density at radius 3 is 2.82 bits per heavy atom. The van der Waals surface area contributed by atoms with Crippen molar-refractivity contribution in [1.29, 1.82) is 0 Å². The smallest absolute Gasteiger partial charge is 0.224 e. The molecule has 4 heteroatoms. The third-order valence-electron chi connectivity index (χ3n) is 3.38. The normalized spacial score (nSPS) is 22.2. The van der Waals surface area contributed by atoms with Gasteiger partial charge in [0, 0.05) is 43.6 Å². The molecular formula is C13H26N2OS. The average molecular weight is 258 g/mol. The molecule has 0 aromatic carbocycles. The van der Waals surface area contributed by atoms with Crippen LogP contribution in [0.5, 0.6) is 0 Å². The lowest BCUT2D eigenvalue weighted by Crippen LogP contribution is -2.43. The van der Waals surface area contributed by atoms with E-state index in [1.54, 1.807) is 0 Å². The van der Waals surface area contributed by atoms with Gasteiger partial charge in [-0.1, -0.05) is 20.3 Å². The van der Waals surface area contributed by atoms with Crippen molar-refractivity contribution in [2.24, 2.45) is 5.92 Å². The van der Waals surface area contributed by atoms with Crippen molar-refractivity contribution in [1.82, 2.24) is 10.2 Å². The molecule has 1 heterocycles. The lowest BCUT2D eigenvalue weighted by molar-refractivity contribution is -0.132. The molecule has 1 aliphatic rings. The predicted molar refractivity (Wildman–Crippen MR) is 75.4 cm³/mol. The molecule has 0 aromatic heterocycles. The number of rotatable bonds is 6. The number of carbonyl (C=O) groups excluding carboxylic acids is 1. The molecule has 1 fully saturated rings. The number of amides is 1. The van der Waals surface area contributed by atoms with E-state index in [2.05, 4.69) is 26.1 Å². The first kappa shape index (κ1) is 14.8. The fourth-order valence-corrected chi connectivity index (χ4v) is 2.95. The first-order chi connectivity index (χ1) is 8.17. The molecular weight excluding hydrogens is 232 g/mol. The van der Waals surface area contributed by atoms with Crippen molar-refractivity contribution in [3.63, 3.8) is 0 Å². The van der Waals surface area contributed by atoms with Crippen LogP contribution in [-0.4, -0.2) is 48.0 Å². The Bertz CT molecular complexity index is 229. The van der Waals surface area contributed by atoms with Gasteiger partial charge in [0.1, 0.15) is 0 Å². The van der Waals surface area contributed by atoms with Crippen molar-refractivity contribution >= 4 is 17.7 Å². The maximum absolute atomic E-state index is 12.2. The summed E-state index contributed by atoms with van der Waals surface area (Å²) in [5.41, 5.74) is 0. The van der Waals surface area contributed by atoms with Crippen molar-refractivity contribution < 1.29 is 4.79 Å². The maximum atomic E-state index is 12.2. The Kier molecular flexibility index (Phi) is 6.97. The minimum absolute atomic E-state index is 0.313. The second-order valence-electron chi connectivity index (χ2n) is 4.88. The van der Waals surface area contributed by atoms with Crippen LogP contribution in [0.4, 0.5) is 0 Å². The van der Waals surface area contributed by atoms with Gasteiger partial charge < -0.3 is 10.2 Å². The summed E-state index contributed by atoms with van der Waals surface area (Å²) in [6.45, 7) is 9.26. The second-order valence-corrected chi connectivity index (χ2v) is 6.03. The van der Waals surface area contributed by atoms with Gasteiger partial charge in [0.15, 0.2) is 0 Å². The van der Waals surface area contributed by atoms with E-state index in [-0.39, 0.29) is 0 Å². The zero-order valence-corrected chi connectivity index (χ0v) is 12.2. The molecule has 0 spiro atoms.